The molecule has 3 rings (SSSR count). The smallest absolute Gasteiger partial charge is 0.265 e. The number of rotatable bonds is 5. The van der Waals surface area contributed by atoms with E-state index in [4.69, 9.17) is 4.74 Å². The summed E-state index contributed by atoms with van der Waals surface area (Å²) in [4.78, 5) is 23.9. The normalized spacial score (nSPS) is 14.3. The summed E-state index contributed by atoms with van der Waals surface area (Å²) >= 11 is 0. The number of nitrogens with one attached hydrogen (secondary N) is 1. The van der Waals surface area contributed by atoms with Gasteiger partial charge in [0, 0.05) is 11.3 Å². The number of amides is 1. The molecule has 1 N–H and O–H groups in total. The minimum Gasteiger partial charge on any atom is -0.481 e. The molecule has 4 heteroatoms. The molecule has 0 aromatic heterocycles. The summed E-state index contributed by atoms with van der Waals surface area (Å²) < 4.78 is 5.95. The van der Waals surface area contributed by atoms with Crippen LogP contribution in [0.1, 0.15) is 48.2 Å². The van der Waals surface area contributed by atoms with E-state index >= 15 is 0 Å². The highest BCUT2D eigenvalue weighted by atomic mass is 16.5. The Balaban J connectivity index is 1.69. The number of anilines is 1. The van der Waals surface area contributed by atoms with Crippen LogP contribution in [-0.2, 0) is 17.6 Å². The number of hydrogen-bond donors (Lipinski definition) is 1. The fourth-order valence-electron chi connectivity index (χ4n) is 3.16. The van der Waals surface area contributed by atoms with Crippen molar-refractivity contribution >= 4 is 17.4 Å². The number of carbonyl (C=O) groups is 2. The van der Waals surface area contributed by atoms with Crippen LogP contribution in [0.15, 0.2) is 42.5 Å². The average Bonchev–Trinajstić information content (AvgIpc) is 2.62. The highest BCUT2D eigenvalue weighted by Crippen LogP contribution is 2.30. The van der Waals surface area contributed by atoms with E-state index in [2.05, 4.69) is 11.4 Å². The molecule has 0 aliphatic heterocycles. The fraction of sp³-hybridized carbons (Fsp3) is 0.333. The second-order valence-electron chi connectivity index (χ2n) is 6.49. The molecule has 0 unspecified atom stereocenters. The van der Waals surface area contributed by atoms with Crippen molar-refractivity contribution < 1.29 is 14.3 Å². The number of carbonyl (C=O) groups excluding carboxylic acids is 2. The van der Waals surface area contributed by atoms with Gasteiger partial charge in [0.1, 0.15) is 5.75 Å². The lowest BCUT2D eigenvalue weighted by molar-refractivity contribution is -0.122. The average molecular weight is 337 g/mol. The molecule has 1 aliphatic carbocycles. The Morgan fingerprint density at radius 2 is 1.84 bits per heavy atom. The second kappa shape index (κ2) is 7.51. The first-order chi connectivity index (χ1) is 12.0. The summed E-state index contributed by atoms with van der Waals surface area (Å²) in [6.45, 7) is 3.25. The molecule has 2 aromatic carbocycles. The molecule has 1 amide bonds. The van der Waals surface area contributed by atoms with Gasteiger partial charge in [-0.1, -0.05) is 24.3 Å². The van der Waals surface area contributed by atoms with Gasteiger partial charge in [-0.05, 0) is 68.9 Å². The van der Waals surface area contributed by atoms with Crippen molar-refractivity contribution in [3.63, 3.8) is 0 Å². The van der Waals surface area contributed by atoms with Crippen LogP contribution in [0.25, 0.3) is 0 Å². The van der Waals surface area contributed by atoms with Crippen molar-refractivity contribution in [1.29, 1.82) is 0 Å². The van der Waals surface area contributed by atoms with E-state index < -0.39 is 6.10 Å². The minimum absolute atomic E-state index is 0.0312. The highest BCUT2D eigenvalue weighted by Gasteiger charge is 2.19. The molecule has 0 spiro atoms. The van der Waals surface area contributed by atoms with E-state index in [1.54, 1.807) is 31.2 Å². The van der Waals surface area contributed by atoms with Gasteiger partial charge in [-0.2, -0.15) is 0 Å². The summed E-state index contributed by atoms with van der Waals surface area (Å²) in [5, 5.41) is 2.82. The zero-order valence-electron chi connectivity index (χ0n) is 14.7. The lowest BCUT2D eigenvalue weighted by atomic mass is 9.91. The van der Waals surface area contributed by atoms with Gasteiger partial charge in [0.15, 0.2) is 11.9 Å². The predicted octanol–water partition coefficient (Wildman–Crippen LogP) is 4.17. The number of ketones is 1. The second-order valence-corrected chi connectivity index (χ2v) is 6.49. The van der Waals surface area contributed by atoms with Crippen LogP contribution in [-0.4, -0.2) is 17.8 Å². The van der Waals surface area contributed by atoms with E-state index in [0.29, 0.717) is 11.3 Å². The van der Waals surface area contributed by atoms with Gasteiger partial charge in [0.2, 0.25) is 0 Å². The Bertz CT molecular complexity index is 797. The van der Waals surface area contributed by atoms with Crippen molar-refractivity contribution in [1.82, 2.24) is 0 Å². The van der Waals surface area contributed by atoms with Crippen LogP contribution in [0.4, 0.5) is 5.69 Å². The van der Waals surface area contributed by atoms with Crippen molar-refractivity contribution in [2.75, 3.05) is 5.32 Å². The maximum Gasteiger partial charge on any atom is 0.265 e. The highest BCUT2D eigenvalue weighted by molar-refractivity contribution is 5.98. The van der Waals surface area contributed by atoms with Gasteiger partial charge in [0.25, 0.3) is 5.91 Å². The molecule has 1 atom stereocenters. The van der Waals surface area contributed by atoms with Crippen molar-refractivity contribution in [3.05, 3.63) is 59.2 Å². The Morgan fingerprint density at radius 3 is 2.64 bits per heavy atom. The van der Waals surface area contributed by atoms with Crippen LogP contribution < -0.4 is 10.1 Å². The quantitative estimate of drug-likeness (QED) is 0.833. The third kappa shape index (κ3) is 4.08. The minimum atomic E-state index is -0.616. The molecule has 2 aromatic rings. The van der Waals surface area contributed by atoms with Crippen LogP contribution >= 0.6 is 0 Å². The molecule has 0 saturated heterocycles. The van der Waals surface area contributed by atoms with E-state index in [9.17, 15) is 9.59 Å². The first-order valence-electron chi connectivity index (χ1n) is 8.74. The monoisotopic (exact) mass is 337 g/mol. The van der Waals surface area contributed by atoms with Gasteiger partial charge in [-0.25, -0.2) is 0 Å². The molecular weight excluding hydrogens is 314 g/mol. The summed E-state index contributed by atoms with van der Waals surface area (Å²) in [5.74, 6) is 0.544. The summed E-state index contributed by atoms with van der Waals surface area (Å²) in [6.07, 6.45) is 3.82. The number of fused-ring (bicyclic) bond motifs is 1. The third-order valence-corrected chi connectivity index (χ3v) is 4.56. The van der Waals surface area contributed by atoms with Gasteiger partial charge in [-0.15, -0.1) is 0 Å². The molecule has 0 heterocycles. The summed E-state index contributed by atoms with van der Waals surface area (Å²) in [7, 11) is 0. The number of hydrogen-bond acceptors (Lipinski definition) is 3. The first-order valence-corrected chi connectivity index (χ1v) is 8.74. The summed E-state index contributed by atoms with van der Waals surface area (Å²) in [5.41, 5.74) is 3.73. The molecular formula is C21H23NO3. The van der Waals surface area contributed by atoms with Crippen LogP contribution in [0.3, 0.4) is 0 Å². The van der Waals surface area contributed by atoms with Gasteiger partial charge in [-0.3, -0.25) is 9.59 Å². The number of Topliss-reactive ketones (excluding diaryl/α,β-unsaturated/α-hetero) is 1. The van der Waals surface area contributed by atoms with Gasteiger partial charge in [0.05, 0.1) is 0 Å². The molecule has 130 valence electrons. The number of ether oxygens (including phenoxy) is 1. The Kier molecular flexibility index (Phi) is 5.17. The molecule has 25 heavy (non-hydrogen) atoms. The van der Waals surface area contributed by atoms with E-state index in [0.717, 1.165) is 25.0 Å². The lowest BCUT2D eigenvalue weighted by Gasteiger charge is -2.22. The van der Waals surface area contributed by atoms with Gasteiger partial charge >= 0.3 is 0 Å². The molecule has 0 bridgehead atoms. The molecule has 0 fully saturated rings. The number of aryl methyl sites for hydroxylation is 1. The SMILES string of the molecule is CC(=O)c1cccc(NC(=O)[C@H](C)Oc2cccc3c2CCCC3)c1. The lowest BCUT2D eigenvalue weighted by Crippen LogP contribution is -2.30. The first kappa shape index (κ1) is 17.2. The Hall–Kier alpha value is -2.62. The van der Waals surface area contributed by atoms with Crippen molar-refractivity contribution in [2.24, 2.45) is 0 Å². The topological polar surface area (TPSA) is 55.4 Å². The Morgan fingerprint density at radius 1 is 1.08 bits per heavy atom. The van der Waals surface area contributed by atoms with Crippen LogP contribution in [0.5, 0.6) is 5.75 Å². The molecule has 0 radical (unpaired) electrons. The third-order valence-electron chi connectivity index (χ3n) is 4.56. The largest absolute Gasteiger partial charge is 0.481 e. The summed E-state index contributed by atoms with van der Waals surface area (Å²) in [6, 6.07) is 13.0. The zero-order valence-corrected chi connectivity index (χ0v) is 14.7. The van der Waals surface area contributed by atoms with E-state index in [1.165, 1.54) is 24.5 Å². The standard InChI is InChI=1S/C21H23NO3/c1-14(23)17-9-5-10-18(13-17)22-21(24)15(2)25-20-12-6-8-16-7-3-4-11-19(16)20/h5-6,8-10,12-13,15H,3-4,7,11H2,1-2H3,(H,22,24)/t15-/m0/s1. The van der Waals surface area contributed by atoms with E-state index in [-0.39, 0.29) is 11.7 Å². The zero-order chi connectivity index (χ0) is 17.8. The predicted molar refractivity (Wildman–Crippen MR) is 98.3 cm³/mol. The fourth-order valence-corrected chi connectivity index (χ4v) is 3.16. The maximum atomic E-state index is 12.4. The molecule has 0 saturated carbocycles. The number of benzene rings is 2. The van der Waals surface area contributed by atoms with E-state index in [1.807, 2.05) is 12.1 Å². The van der Waals surface area contributed by atoms with Crippen LogP contribution in [0, 0.1) is 0 Å². The van der Waals surface area contributed by atoms with Crippen LogP contribution in [0.2, 0.25) is 0 Å². The Labute approximate surface area is 148 Å². The maximum absolute atomic E-state index is 12.4. The molecule has 1 aliphatic rings. The molecule has 4 nitrogen and oxygen atoms in total. The van der Waals surface area contributed by atoms with Crippen molar-refractivity contribution in [3.8, 4) is 5.75 Å². The van der Waals surface area contributed by atoms with Crippen molar-refractivity contribution in [2.45, 2.75) is 45.6 Å². The van der Waals surface area contributed by atoms with Gasteiger partial charge < -0.3 is 10.1 Å².